The van der Waals surface area contributed by atoms with Gasteiger partial charge < -0.3 is 0 Å². The summed E-state index contributed by atoms with van der Waals surface area (Å²) >= 11 is 3.44. The van der Waals surface area contributed by atoms with Crippen LogP contribution in [0.15, 0.2) is 42.6 Å². The van der Waals surface area contributed by atoms with Crippen molar-refractivity contribution in [1.29, 1.82) is 0 Å². The normalized spacial score (nSPS) is 19.6. The zero-order chi connectivity index (χ0) is 14.5. The molecule has 0 N–H and O–H groups in total. The molecule has 1 unspecified atom stereocenters. The highest BCUT2D eigenvalue weighted by Gasteiger charge is 2.22. The monoisotopic (exact) mass is 345 g/mol. The predicted molar refractivity (Wildman–Crippen MR) is 88.4 cm³/mol. The van der Waals surface area contributed by atoms with Gasteiger partial charge in [0, 0.05) is 30.9 Å². The van der Waals surface area contributed by atoms with Crippen molar-refractivity contribution in [3.05, 3.63) is 59.7 Å². The molecule has 0 radical (unpaired) electrons. The lowest BCUT2D eigenvalue weighted by Crippen LogP contribution is -2.34. The molecule has 0 spiro atoms. The Kier molecular flexibility index (Phi) is 4.99. The Morgan fingerprint density at radius 2 is 2.05 bits per heavy atom. The first-order chi connectivity index (χ1) is 10.3. The average Bonchev–Trinajstić information content (AvgIpc) is 2.56. The summed E-state index contributed by atoms with van der Waals surface area (Å²) in [6.45, 7) is 3.31. The number of halogens is 1. The average molecular weight is 346 g/mol. The van der Waals surface area contributed by atoms with Crippen LogP contribution in [0.2, 0.25) is 0 Å². The molecule has 2 heterocycles. The van der Waals surface area contributed by atoms with Crippen LogP contribution in [0.4, 0.5) is 0 Å². The predicted octanol–water partition coefficient (Wildman–Crippen LogP) is 3.75. The van der Waals surface area contributed by atoms with Gasteiger partial charge in [0.1, 0.15) is 5.82 Å². The zero-order valence-electron chi connectivity index (χ0n) is 12.1. The topological polar surface area (TPSA) is 29.0 Å². The van der Waals surface area contributed by atoms with Crippen LogP contribution in [-0.4, -0.2) is 28.0 Å². The van der Waals surface area contributed by atoms with Crippen LogP contribution in [-0.2, 0) is 11.9 Å². The van der Waals surface area contributed by atoms with Crippen molar-refractivity contribution in [2.24, 2.45) is 0 Å². The Bertz CT molecular complexity index is 573. The largest absolute Gasteiger partial charge is 0.298 e. The van der Waals surface area contributed by atoms with Gasteiger partial charge in [-0.25, -0.2) is 9.97 Å². The number of nitrogens with zero attached hydrogens (tertiary/aromatic N) is 3. The lowest BCUT2D eigenvalue weighted by Gasteiger charge is -2.32. The second kappa shape index (κ2) is 7.14. The molecule has 0 amide bonds. The molecule has 0 aliphatic carbocycles. The van der Waals surface area contributed by atoms with E-state index in [0.29, 0.717) is 5.92 Å². The number of rotatable bonds is 4. The molecule has 0 bridgehead atoms. The summed E-state index contributed by atoms with van der Waals surface area (Å²) in [5, 5.41) is 0.724. The Morgan fingerprint density at radius 1 is 1.19 bits per heavy atom. The van der Waals surface area contributed by atoms with Crippen molar-refractivity contribution in [3.63, 3.8) is 0 Å². The van der Waals surface area contributed by atoms with Gasteiger partial charge in [0.15, 0.2) is 0 Å². The highest BCUT2D eigenvalue weighted by molar-refractivity contribution is 9.08. The summed E-state index contributed by atoms with van der Waals surface area (Å²) in [5.41, 5.74) is 2.58. The fraction of sp³-hybridized carbons (Fsp3) is 0.412. The molecule has 1 aromatic carbocycles. The second-order valence-corrected chi connectivity index (χ2v) is 6.15. The van der Waals surface area contributed by atoms with Gasteiger partial charge in [-0.15, -0.1) is 0 Å². The van der Waals surface area contributed by atoms with Gasteiger partial charge in [-0.1, -0.05) is 46.3 Å². The van der Waals surface area contributed by atoms with E-state index >= 15 is 0 Å². The lowest BCUT2D eigenvalue weighted by molar-refractivity contribution is 0.198. The molecule has 3 rings (SSSR count). The minimum absolute atomic E-state index is 0.531. The molecule has 1 aliphatic rings. The molecule has 110 valence electrons. The lowest BCUT2D eigenvalue weighted by atomic mass is 9.94. The minimum atomic E-state index is 0.531. The van der Waals surface area contributed by atoms with E-state index in [2.05, 4.69) is 67.2 Å². The molecule has 1 atom stereocenters. The van der Waals surface area contributed by atoms with Crippen LogP contribution in [0.1, 0.15) is 35.8 Å². The van der Waals surface area contributed by atoms with Gasteiger partial charge in [-0.3, -0.25) is 4.90 Å². The molecule has 1 saturated heterocycles. The third kappa shape index (κ3) is 3.89. The maximum Gasteiger partial charge on any atom is 0.139 e. The Hall–Kier alpha value is -1.26. The molecule has 2 aromatic rings. The van der Waals surface area contributed by atoms with Gasteiger partial charge in [-0.2, -0.15) is 0 Å². The Morgan fingerprint density at radius 3 is 2.86 bits per heavy atom. The van der Waals surface area contributed by atoms with Crippen LogP contribution < -0.4 is 0 Å². The maximum absolute atomic E-state index is 4.67. The van der Waals surface area contributed by atoms with Gasteiger partial charge in [0.05, 0.1) is 5.33 Å². The Balaban J connectivity index is 1.67. The quantitative estimate of drug-likeness (QED) is 0.790. The Labute approximate surface area is 134 Å². The van der Waals surface area contributed by atoms with Gasteiger partial charge in [-0.05, 0) is 31.0 Å². The SMILES string of the molecule is BrCc1nccc(C2CCCN(Cc3ccccc3)C2)n1. The zero-order valence-corrected chi connectivity index (χ0v) is 13.7. The van der Waals surface area contributed by atoms with Crippen molar-refractivity contribution >= 4 is 15.9 Å². The van der Waals surface area contributed by atoms with E-state index < -0.39 is 0 Å². The number of alkyl halides is 1. The van der Waals surface area contributed by atoms with Crippen LogP contribution in [0, 0.1) is 0 Å². The molecular weight excluding hydrogens is 326 g/mol. The van der Waals surface area contributed by atoms with Crippen LogP contribution in [0.3, 0.4) is 0 Å². The third-order valence-corrected chi connectivity index (χ3v) is 4.52. The molecule has 0 saturated carbocycles. The van der Waals surface area contributed by atoms with Crippen LogP contribution in [0.5, 0.6) is 0 Å². The van der Waals surface area contributed by atoms with Gasteiger partial charge in [0.2, 0.25) is 0 Å². The number of aromatic nitrogens is 2. The van der Waals surface area contributed by atoms with Crippen molar-refractivity contribution in [3.8, 4) is 0 Å². The summed E-state index contributed by atoms with van der Waals surface area (Å²) in [6, 6.07) is 12.8. The van der Waals surface area contributed by atoms with Crippen molar-refractivity contribution in [2.75, 3.05) is 13.1 Å². The number of hydrogen-bond acceptors (Lipinski definition) is 3. The van der Waals surface area contributed by atoms with E-state index in [4.69, 9.17) is 0 Å². The summed E-state index contributed by atoms with van der Waals surface area (Å²) in [4.78, 5) is 11.5. The molecular formula is C17H20BrN3. The first-order valence-electron chi connectivity index (χ1n) is 7.49. The smallest absolute Gasteiger partial charge is 0.139 e. The fourth-order valence-corrected chi connectivity index (χ4v) is 3.26. The van der Waals surface area contributed by atoms with E-state index in [1.165, 1.54) is 30.6 Å². The van der Waals surface area contributed by atoms with Gasteiger partial charge >= 0.3 is 0 Å². The molecule has 4 heteroatoms. The molecule has 21 heavy (non-hydrogen) atoms. The van der Waals surface area contributed by atoms with Crippen molar-refractivity contribution in [1.82, 2.24) is 14.9 Å². The van der Waals surface area contributed by atoms with Crippen LogP contribution in [0.25, 0.3) is 0 Å². The maximum atomic E-state index is 4.67. The number of benzene rings is 1. The third-order valence-electron chi connectivity index (χ3n) is 4.02. The van der Waals surface area contributed by atoms with E-state index in [-0.39, 0.29) is 0 Å². The van der Waals surface area contributed by atoms with Crippen LogP contribution >= 0.6 is 15.9 Å². The standard InChI is InChI=1S/C17H20BrN3/c18-11-17-19-9-8-16(20-17)15-7-4-10-21(13-15)12-14-5-2-1-3-6-14/h1-3,5-6,8-9,15H,4,7,10-13H2. The first-order valence-corrected chi connectivity index (χ1v) is 8.61. The number of piperidine rings is 1. The van der Waals surface area contributed by atoms with Crippen molar-refractivity contribution < 1.29 is 0 Å². The molecule has 1 aromatic heterocycles. The van der Waals surface area contributed by atoms with E-state index in [0.717, 1.165) is 24.2 Å². The van der Waals surface area contributed by atoms with E-state index in [1.807, 2.05) is 6.20 Å². The summed E-state index contributed by atoms with van der Waals surface area (Å²) in [6.07, 6.45) is 4.35. The second-order valence-electron chi connectivity index (χ2n) is 5.59. The number of likely N-dealkylation sites (tertiary alicyclic amines) is 1. The minimum Gasteiger partial charge on any atom is -0.298 e. The summed E-state index contributed by atoms with van der Waals surface area (Å²) in [5.74, 6) is 1.41. The molecule has 1 aliphatic heterocycles. The highest BCUT2D eigenvalue weighted by Crippen LogP contribution is 2.26. The van der Waals surface area contributed by atoms with Gasteiger partial charge in [0.25, 0.3) is 0 Å². The summed E-state index contributed by atoms with van der Waals surface area (Å²) in [7, 11) is 0. The van der Waals surface area contributed by atoms with Crippen molar-refractivity contribution in [2.45, 2.75) is 30.6 Å². The number of hydrogen-bond donors (Lipinski definition) is 0. The first kappa shape index (κ1) is 14.7. The molecule has 3 nitrogen and oxygen atoms in total. The van der Waals surface area contributed by atoms with E-state index in [9.17, 15) is 0 Å². The summed E-state index contributed by atoms with van der Waals surface area (Å²) < 4.78 is 0. The van der Waals surface area contributed by atoms with E-state index in [1.54, 1.807) is 0 Å². The highest BCUT2D eigenvalue weighted by atomic mass is 79.9. The molecule has 1 fully saturated rings. The fourth-order valence-electron chi connectivity index (χ4n) is 2.99.